The molecule has 4 aromatic rings. The Kier molecular flexibility index (Phi) is 10.1. The number of amides is 1. The molecule has 0 saturated heterocycles. The molecule has 0 aliphatic carbocycles. The largest absolute Gasteiger partial charge is 0.493 e. The van der Waals surface area contributed by atoms with E-state index < -0.39 is 5.25 Å². The van der Waals surface area contributed by atoms with E-state index in [2.05, 4.69) is 25.2 Å². The monoisotopic (exact) mass is 581 g/mol. The highest BCUT2D eigenvalue weighted by Gasteiger charge is 2.25. The fourth-order valence-electron chi connectivity index (χ4n) is 4.57. The van der Waals surface area contributed by atoms with Crippen molar-refractivity contribution in [3.05, 3.63) is 83.9 Å². The zero-order valence-electron chi connectivity index (χ0n) is 24.7. The summed E-state index contributed by atoms with van der Waals surface area (Å²) in [4.78, 5) is 18.3. The molecule has 0 saturated carbocycles. The third kappa shape index (κ3) is 6.69. The molecule has 0 bridgehead atoms. The minimum atomic E-state index is -0.479. The number of carbonyl (C=O) groups excluding carboxylic acids is 1. The summed E-state index contributed by atoms with van der Waals surface area (Å²) in [6.45, 7) is 6.21. The molecule has 0 aliphatic rings. The molecule has 0 fully saturated rings. The van der Waals surface area contributed by atoms with Gasteiger partial charge in [0.2, 0.25) is 11.7 Å². The molecule has 42 heavy (non-hydrogen) atoms. The molecule has 4 rings (SSSR count). The molecule has 0 aliphatic heterocycles. The van der Waals surface area contributed by atoms with Crippen LogP contribution in [0.5, 0.6) is 17.2 Å². The summed E-state index contributed by atoms with van der Waals surface area (Å²) < 4.78 is 16.7. The number of rotatable bonds is 11. The van der Waals surface area contributed by atoms with Crippen LogP contribution >= 0.6 is 11.8 Å². The van der Waals surface area contributed by atoms with Crippen LogP contribution in [0.15, 0.2) is 77.8 Å². The molecule has 0 radical (unpaired) electrons. The number of carbonyl (C=O) groups is 1. The van der Waals surface area contributed by atoms with Crippen molar-refractivity contribution in [3.8, 4) is 45.7 Å². The molecule has 1 atom stereocenters. The Morgan fingerprint density at radius 3 is 2.10 bits per heavy atom. The van der Waals surface area contributed by atoms with Crippen LogP contribution in [0.4, 0.5) is 5.69 Å². The predicted octanol–water partition coefficient (Wildman–Crippen LogP) is 7.95. The van der Waals surface area contributed by atoms with Gasteiger partial charge in [-0.1, -0.05) is 75.0 Å². The first-order chi connectivity index (χ1) is 20.3. The standard InChI is InChI=1S/C34H35N3O4S/c1-7-31(33(38)36-25-15-13-22(14-16-25)21(2)3)42-34-27(20-35)26(19-28(37-34)23-11-9-8-10-12-23)24-17-29(39-4)32(41-6)30(18-24)40-5/h8-19,21,31H,7H2,1-6H3,(H,36,38). The second-order valence-corrected chi connectivity index (χ2v) is 11.1. The van der Waals surface area contributed by atoms with Crippen molar-refractivity contribution < 1.29 is 19.0 Å². The van der Waals surface area contributed by atoms with E-state index in [0.29, 0.717) is 57.0 Å². The number of anilines is 1. The van der Waals surface area contributed by atoms with Gasteiger partial charge < -0.3 is 19.5 Å². The number of hydrogen-bond donors (Lipinski definition) is 1. The number of ether oxygens (including phenoxy) is 3. The number of methoxy groups -OCH3 is 3. The van der Waals surface area contributed by atoms with Crippen molar-refractivity contribution in [1.82, 2.24) is 4.98 Å². The highest BCUT2D eigenvalue weighted by molar-refractivity contribution is 8.00. The minimum Gasteiger partial charge on any atom is -0.493 e. The van der Waals surface area contributed by atoms with E-state index in [1.54, 1.807) is 21.3 Å². The quantitative estimate of drug-likeness (QED) is 0.180. The molecular formula is C34H35N3O4S. The van der Waals surface area contributed by atoms with E-state index in [1.165, 1.54) is 17.3 Å². The lowest BCUT2D eigenvalue weighted by Crippen LogP contribution is -2.24. The van der Waals surface area contributed by atoms with Crippen molar-refractivity contribution in [2.45, 2.75) is 43.4 Å². The minimum absolute atomic E-state index is 0.148. The topological polar surface area (TPSA) is 93.5 Å². The molecule has 1 heterocycles. The first-order valence-electron chi connectivity index (χ1n) is 13.7. The molecule has 0 spiro atoms. The molecule has 1 N–H and O–H groups in total. The first-order valence-corrected chi connectivity index (χ1v) is 14.6. The maximum absolute atomic E-state index is 13.4. The van der Waals surface area contributed by atoms with Crippen molar-refractivity contribution in [2.75, 3.05) is 26.6 Å². The van der Waals surface area contributed by atoms with Gasteiger partial charge in [0.25, 0.3) is 0 Å². The number of nitrogens with zero attached hydrogens (tertiary/aromatic N) is 2. The maximum Gasteiger partial charge on any atom is 0.237 e. The summed E-state index contributed by atoms with van der Waals surface area (Å²) in [5.41, 5.74) is 5.21. The van der Waals surface area contributed by atoms with Gasteiger partial charge in [-0.05, 0) is 53.8 Å². The van der Waals surface area contributed by atoms with E-state index in [0.717, 1.165) is 11.3 Å². The van der Waals surface area contributed by atoms with Crippen LogP contribution in [-0.2, 0) is 4.79 Å². The van der Waals surface area contributed by atoms with Crippen LogP contribution in [0.25, 0.3) is 22.4 Å². The number of nitrogens with one attached hydrogen (secondary N) is 1. The zero-order chi connectivity index (χ0) is 30.2. The van der Waals surface area contributed by atoms with Crippen molar-refractivity contribution in [3.63, 3.8) is 0 Å². The Morgan fingerprint density at radius 2 is 1.57 bits per heavy atom. The average Bonchev–Trinajstić information content (AvgIpc) is 3.02. The number of thioether (sulfide) groups is 1. The fourth-order valence-corrected chi connectivity index (χ4v) is 5.59. The van der Waals surface area contributed by atoms with Gasteiger partial charge in [-0.25, -0.2) is 4.98 Å². The number of aromatic nitrogens is 1. The third-order valence-corrected chi connectivity index (χ3v) is 8.26. The van der Waals surface area contributed by atoms with Gasteiger partial charge >= 0.3 is 0 Å². The van der Waals surface area contributed by atoms with Gasteiger partial charge in [-0.2, -0.15) is 5.26 Å². The first kappa shape index (κ1) is 30.5. The molecule has 1 amide bonds. The van der Waals surface area contributed by atoms with Gasteiger partial charge in [-0.3, -0.25) is 4.79 Å². The normalized spacial score (nSPS) is 11.5. The van der Waals surface area contributed by atoms with Crippen LogP contribution in [0, 0.1) is 11.3 Å². The Labute approximate surface area is 251 Å². The van der Waals surface area contributed by atoms with E-state index in [4.69, 9.17) is 19.2 Å². The van der Waals surface area contributed by atoms with Crippen LogP contribution < -0.4 is 19.5 Å². The van der Waals surface area contributed by atoms with E-state index >= 15 is 0 Å². The van der Waals surface area contributed by atoms with Crippen molar-refractivity contribution in [2.24, 2.45) is 0 Å². The molecule has 216 valence electrons. The molecule has 7 nitrogen and oxygen atoms in total. The maximum atomic E-state index is 13.4. The molecular weight excluding hydrogens is 546 g/mol. The van der Waals surface area contributed by atoms with Crippen LogP contribution in [0.1, 0.15) is 44.2 Å². The van der Waals surface area contributed by atoms with E-state index in [9.17, 15) is 10.1 Å². The Balaban J connectivity index is 1.79. The second-order valence-electron chi connectivity index (χ2n) is 9.91. The molecule has 8 heteroatoms. The molecule has 3 aromatic carbocycles. The SMILES string of the molecule is CCC(Sc1nc(-c2ccccc2)cc(-c2cc(OC)c(OC)c(OC)c2)c1C#N)C(=O)Nc1ccc(C(C)C)cc1. The molecule has 1 aromatic heterocycles. The lowest BCUT2D eigenvalue weighted by Gasteiger charge is -2.19. The van der Waals surface area contributed by atoms with E-state index in [-0.39, 0.29) is 5.91 Å². The van der Waals surface area contributed by atoms with Crippen molar-refractivity contribution >= 4 is 23.4 Å². The highest BCUT2D eigenvalue weighted by Crippen LogP contribution is 2.44. The number of hydrogen-bond acceptors (Lipinski definition) is 7. The predicted molar refractivity (Wildman–Crippen MR) is 169 cm³/mol. The summed E-state index contributed by atoms with van der Waals surface area (Å²) in [5.74, 6) is 1.65. The van der Waals surface area contributed by atoms with Gasteiger partial charge in [0.15, 0.2) is 11.5 Å². The summed E-state index contributed by atoms with van der Waals surface area (Å²) >= 11 is 1.29. The smallest absolute Gasteiger partial charge is 0.237 e. The van der Waals surface area contributed by atoms with Gasteiger partial charge in [-0.15, -0.1) is 0 Å². The fraction of sp³-hybridized carbons (Fsp3) is 0.265. The van der Waals surface area contributed by atoms with Crippen LogP contribution in [-0.4, -0.2) is 37.5 Å². The van der Waals surface area contributed by atoms with Gasteiger partial charge in [0.05, 0.1) is 37.8 Å². The summed E-state index contributed by atoms with van der Waals surface area (Å²) in [7, 11) is 4.65. The zero-order valence-corrected chi connectivity index (χ0v) is 25.5. The third-order valence-electron chi connectivity index (χ3n) is 6.91. The van der Waals surface area contributed by atoms with E-state index in [1.807, 2.05) is 79.7 Å². The van der Waals surface area contributed by atoms with Crippen molar-refractivity contribution in [1.29, 1.82) is 5.26 Å². The Bertz CT molecular complexity index is 1560. The van der Waals surface area contributed by atoms with Gasteiger partial charge in [0, 0.05) is 16.8 Å². The lowest BCUT2D eigenvalue weighted by atomic mass is 9.98. The Morgan fingerprint density at radius 1 is 0.929 bits per heavy atom. The second kappa shape index (κ2) is 13.9. The molecule has 1 unspecified atom stereocenters. The highest BCUT2D eigenvalue weighted by atomic mass is 32.2. The van der Waals surface area contributed by atoms with Gasteiger partial charge in [0.1, 0.15) is 11.1 Å². The summed E-state index contributed by atoms with van der Waals surface area (Å²) in [6.07, 6.45) is 0.544. The number of nitriles is 1. The number of pyridine rings is 1. The average molecular weight is 582 g/mol. The Hall–Kier alpha value is -4.48. The lowest BCUT2D eigenvalue weighted by molar-refractivity contribution is -0.115. The number of benzene rings is 3. The summed E-state index contributed by atoms with van der Waals surface area (Å²) in [5, 5.41) is 13.4. The summed E-state index contributed by atoms with van der Waals surface area (Å²) in [6, 6.07) is 25.5. The van der Waals surface area contributed by atoms with Crippen LogP contribution in [0.2, 0.25) is 0 Å². The van der Waals surface area contributed by atoms with Crippen LogP contribution in [0.3, 0.4) is 0 Å².